The van der Waals surface area contributed by atoms with Gasteiger partial charge in [-0.25, -0.2) is 0 Å². The molecule has 118 valence electrons. The lowest BCUT2D eigenvalue weighted by Gasteiger charge is -2.61. The van der Waals surface area contributed by atoms with Crippen LogP contribution >= 0.6 is 0 Å². The molecule has 1 saturated carbocycles. The zero-order valence-corrected chi connectivity index (χ0v) is 13.9. The number of fused-ring (bicyclic) bond motifs is 3. The lowest BCUT2D eigenvalue weighted by Crippen LogP contribution is -2.61. The molecule has 2 aliphatic carbocycles. The molecule has 3 heteroatoms. The molecule has 1 fully saturated rings. The van der Waals surface area contributed by atoms with Crippen LogP contribution in [0.2, 0.25) is 0 Å². The predicted molar refractivity (Wildman–Crippen MR) is 84.8 cm³/mol. The number of hydrogen-bond donors (Lipinski definition) is 0. The van der Waals surface area contributed by atoms with Gasteiger partial charge in [-0.1, -0.05) is 44.5 Å². The first-order valence-corrected chi connectivity index (χ1v) is 8.01. The zero-order valence-electron chi connectivity index (χ0n) is 13.9. The predicted octanol–water partition coefficient (Wildman–Crippen LogP) is 3.90. The summed E-state index contributed by atoms with van der Waals surface area (Å²) in [6.07, 6.45) is 3.16. The topological polar surface area (TPSA) is 43.4 Å². The number of ketones is 1. The molecule has 3 rings (SSSR count). The van der Waals surface area contributed by atoms with Gasteiger partial charge < -0.3 is 4.74 Å². The van der Waals surface area contributed by atoms with Crippen LogP contribution < -0.4 is 0 Å². The molecule has 3 nitrogen and oxygen atoms in total. The van der Waals surface area contributed by atoms with Crippen LogP contribution in [0.3, 0.4) is 0 Å². The summed E-state index contributed by atoms with van der Waals surface area (Å²) < 4.78 is 5.12. The molecule has 22 heavy (non-hydrogen) atoms. The Morgan fingerprint density at radius 3 is 2.50 bits per heavy atom. The fourth-order valence-corrected chi connectivity index (χ4v) is 4.95. The third kappa shape index (κ3) is 1.62. The number of carbonyl (C=O) groups is 2. The van der Waals surface area contributed by atoms with Gasteiger partial charge in [0.2, 0.25) is 0 Å². The highest BCUT2D eigenvalue weighted by molar-refractivity contribution is 6.00. The van der Waals surface area contributed by atoms with E-state index in [0.717, 1.165) is 30.4 Å². The van der Waals surface area contributed by atoms with Crippen molar-refractivity contribution in [3.8, 4) is 0 Å². The molecule has 2 aliphatic rings. The summed E-state index contributed by atoms with van der Waals surface area (Å²) >= 11 is 0. The summed E-state index contributed by atoms with van der Waals surface area (Å²) in [6.45, 7) is 6.31. The van der Waals surface area contributed by atoms with Gasteiger partial charge in [0.25, 0.3) is 0 Å². The van der Waals surface area contributed by atoms with Gasteiger partial charge in [0.15, 0.2) is 5.78 Å². The lowest BCUT2D eigenvalue weighted by molar-refractivity contribution is -0.170. The van der Waals surface area contributed by atoms with Gasteiger partial charge in [-0.3, -0.25) is 9.59 Å². The van der Waals surface area contributed by atoms with E-state index < -0.39 is 10.8 Å². The quantitative estimate of drug-likeness (QED) is 0.739. The largest absolute Gasteiger partial charge is 0.469 e. The molecular weight excluding hydrogens is 276 g/mol. The number of esters is 1. The van der Waals surface area contributed by atoms with Crippen molar-refractivity contribution in [2.24, 2.45) is 10.8 Å². The third-order valence-electron chi connectivity index (χ3n) is 6.76. The van der Waals surface area contributed by atoms with Crippen LogP contribution in [0, 0.1) is 10.8 Å². The van der Waals surface area contributed by atoms with Crippen molar-refractivity contribution in [2.75, 3.05) is 7.11 Å². The van der Waals surface area contributed by atoms with Crippen molar-refractivity contribution in [3.63, 3.8) is 0 Å². The minimum atomic E-state index is -0.627. The highest BCUT2D eigenvalue weighted by atomic mass is 16.5. The molecule has 0 saturated heterocycles. The van der Waals surface area contributed by atoms with Gasteiger partial charge in [0.1, 0.15) is 0 Å². The smallest absolute Gasteiger partial charge is 0.312 e. The van der Waals surface area contributed by atoms with E-state index in [1.807, 2.05) is 25.1 Å². The molecule has 0 N–H and O–H groups in total. The second kappa shape index (κ2) is 4.68. The average molecular weight is 300 g/mol. The molecule has 0 heterocycles. The van der Waals surface area contributed by atoms with E-state index in [0.29, 0.717) is 6.42 Å². The van der Waals surface area contributed by atoms with Crippen molar-refractivity contribution in [2.45, 2.75) is 51.9 Å². The molecule has 0 spiro atoms. The van der Waals surface area contributed by atoms with Gasteiger partial charge >= 0.3 is 5.97 Å². The highest BCUT2D eigenvalue weighted by Crippen LogP contribution is 2.65. The second-order valence-electron chi connectivity index (χ2n) is 7.49. The number of ether oxygens (including phenoxy) is 1. The first-order chi connectivity index (χ1) is 10.3. The molecule has 0 radical (unpaired) electrons. The van der Waals surface area contributed by atoms with Gasteiger partial charge in [0.05, 0.1) is 12.5 Å². The van der Waals surface area contributed by atoms with Gasteiger partial charge in [-0.15, -0.1) is 0 Å². The van der Waals surface area contributed by atoms with E-state index >= 15 is 0 Å². The fraction of sp³-hybridized carbons (Fsp3) is 0.579. The highest BCUT2D eigenvalue weighted by Gasteiger charge is 2.64. The van der Waals surface area contributed by atoms with Gasteiger partial charge in [-0.05, 0) is 25.3 Å². The Kier molecular flexibility index (Phi) is 3.24. The Bertz CT molecular complexity index is 650. The number of methoxy groups -OCH3 is 1. The fourth-order valence-electron chi connectivity index (χ4n) is 4.95. The molecule has 0 amide bonds. The number of hydrogen-bond acceptors (Lipinski definition) is 3. The molecule has 1 aromatic rings. The summed E-state index contributed by atoms with van der Waals surface area (Å²) in [6, 6.07) is 7.90. The minimum Gasteiger partial charge on any atom is -0.469 e. The average Bonchev–Trinajstić information content (AvgIpc) is 2.51. The molecule has 0 aromatic heterocycles. The SMILES string of the molecule is COC(=O)C1(C)CCC[C@]2(C)c3ccccc3C(=O)CC12C. The first kappa shape index (κ1) is 15.3. The van der Waals surface area contributed by atoms with Crippen molar-refractivity contribution < 1.29 is 14.3 Å². The van der Waals surface area contributed by atoms with Crippen LogP contribution in [0.1, 0.15) is 62.4 Å². The monoisotopic (exact) mass is 300 g/mol. The number of benzene rings is 1. The Balaban J connectivity index is 2.25. The summed E-state index contributed by atoms with van der Waals surface area (Å²) in [7, 11) is 1.45. The maximum atomic E-state index is 12.7. The molecule has 0 aliphatic heterocycles. The Labute approximate surface area is 132 Å². The molecule has 2 unspecified atom stereocenters. The number of rotatable bonds is 1. The van der Waals surface area contributed by atoms with Crippen molar-refractivity contribution in [1.29, 1.82) is 0 Å². The van der Waals surface area contributed by atoms with Crippen LogP contribution in [-0.4, -0.2) is 18.9 Å². The zero-order chi connectivity index (χ0) is 16.2. The summed E-state index contributed by atoms with van der Waals surface area (Å²) in [5.74, 6) is -0.0410. The normalized spacial score (nSPS) is 37.2. The van der Waals surface area contributed by atoms with E-state index in [9.17, 15) is 9.59 Å². The van der Waals surface area contributed by atoms with E-state index in [2.05, 4.69) is 19.9 Å². The van der Waals surface area contributed by atoms with Crippen molar-refractivity contribution in [1.82, 2.24) is 0 Å². The second-order valence-corrected chi connectivity index (χ2v) is 7.49. The van der Waals surface area contributed by atoms with Crippen LogP contribution in [0.15, 0.2) is 24.3 Å². The van der Waals surface area contributed by atoms with Gasteiger partial charge in [0, 0.05) is 22.8 Å². The lowest BCUT2D eigenvalue weighted by atomic mass is 9.41. The van der Waals surface area contributed by atoms with Crippen molar-refractivity contribution >= 4 is 11.8 Å². The minimum absolute atomic E-state index is 0.146. The van der Waals surface area contributed by atoms with E-state index in [1.165, 1.54) is 7.11 Å². The van der Waals surface area contributed by atoms with Crippen LogP contribution in [-0.2, 0) is 14.9 Å². The molecular formula is C19H24O3. The van der Waals surface area contributed by atoms with Crippen LogP contribution in [0.25, 0.3) is 0 Å². The van der Waals surface area contributed by atoms with Crippen LogP contribution in [0.5, 0.6) is 0 Å². The Morgan fingerprint density at radius 2 is 1.82 bits per heavy atom. The van der Waals surface area contributed by atoms with E-state index in [-0.39, 0.29) is 17.2 Å². The van der Waals surface area contributed by atoms with E-state index in [1.54, 1.807) is 0 Å². The molecule has 0 bridgehead atoms. The Morgan fingerprint density at radius 1 is 1.14 bits per heavy atom. The standard InChI is InChI=1S/C19H24O3/c1-17-10-7-11-18(2,16(21)22-4)19(17,3)12-15(20)13-8-5-6-9-14(13)17/h5-6,8-9H,7,10-12H2,1-4H3/t17-,18?,19?/m1/s1. The van der Waals surface area contributed by atoms with Crippen molar-refractivity contribution in [3.05, 3.63) is 35.4 Å². The summed E-state index contributed by atoms with van der Waals surface area (Å²) in [5.41, 5.74) is 0.702. The number of Topliss-reactive ketones (excluding diaryl/α,β-unsaturated/α-hetero) is 1. The summed E-state index contributed by atoms with van der Waals surface area (Å²) in [4.78, 5) is 25.3. The molecule has 3 atom stereocenters. The molecule has 1 aromatic carbocycles. The third-order valence-corrected chi connectivity index (χ3v) is 6.76. The Hall–Kier alpha value is -1.64. The maximum Gasteiger partial charge on any atom is 0.312 e. The summed E-state index contributed by atoms with van der Waals surface area (Å²) in [5, 5.41) is 0. The van der Waals surface area contributed by atoms with E-state index in [4.69, 9.17) is 4.74 Å². The first-order valence-electron chi connectivity index (χ1n) is 8.01. The van der Waals surface area contributed by atoms with Gasteiger partial charge in [-0.2, -0.15) is 0 Å². The number of carbonyl (C=O) groups excluding carboxylic acids is 2. The van der Waals surface area contributed by atoms with Crippen LogP contribution in [0.4, 0.5) is 0 Å². The maximum absolute atomic E-state index is 12.7.